The van der Waals surface area contributed by atoms with Crippen LogP contribution in [0.15, 0.2) is 0 Å². The summed E-state index contributed by atoms with van der Waals surface area (Å²) in [6.45, 7) is 1.63. The lowest BCUT2D eigenvalue weighted by Gasteiger charge is -2.19. The Kier molecular flexibility index (Phi) is 3.40. The van der Waals surface area contributed by atoms with Gasteiger partial charge in [0, 0.05) is 0 Å². The molecular weight excluding hydrogens is 141 g/mol. The molecule has 0 aromatic rings. The molecule has 1 heterocycles. The minimum absolute atomic E-state index is 0.172. The van der Waals surface area contributed by atoms with Crippen LogP contribution in [0.1, 0.15) is 6.42 Å². The van der Waals surface area contributed by atoms with Gasteiger partial charge < -0.3 is 14.8 Å². The predicted octanol–water partition coefficient (Wildman–Crippen LogP) is 0.583. The topological polar surface area (TPSA) is 53.7 Å². The highest BCUT2D eigenvalue weighted by molar-refractivity contribution is 7.41. The SMILES string of the molecule is NCOP1OCCCO1. The molecule has 0 amide bonds. The van der Waals surface area contributed by atoms with Crippen LogP contribution in [0.5, 0.6) is 0 Å². The minimum Gasteiger partial charge on any atom is -0.312 e. The zero-order valence-electron chi connectivity index (χ0n) is 5.08. The summed E-state index contributed by atoms with van der Waals surface area (Å²) in [6.07, 6.45) is 0.951. The summed E-state index contributed by atoms with van der Waals surface area (Å²) >= 11 is 0. The zero-order valence-corrected chi connectivity index (χ0v) is 5.97. The second-order valence-electron chi connectivity index (χ2n) is 1.54. The first-order valence-electron chi connectivity index (χ1n) is 2.82. The molecule has 1 aliphatic heterocycles. The van der Waals surface area contributed by atoms with Gasteiger partial charge >= 0.3 is 8.60 Å². The van der Waals surface area contributed by atoms with Crippen molar-refractivity contribution in [2.75, 3.05) is 19.9 Å². The van der Waals surface area contributed by atoms with E-state index >= 15 is 0 Å². The Bertz CT molecular complexity index is 73.5. The smallest absolute Gasteiger partial charge is 0.312 e. The highest BCUT2D eigenvalue weighted by atomic mass is 31.2. The van der Waals surface area contributed by atoms with Crippen LogP contribution in [0, 0.1) is 0 Å². The first-order valence-corrected chi connectivity index (χ1v) is 3.92. The van der Waals surface area contributed by atoms with Crippen molar-refractivity contribution >= 4 is 8.60 Å². The maximum Gasteiger partial charge on any atom is 0.333 e. The van der Waals surface area contributed by atoms with Crippen LogP contribution in [0.25, 0.3) is 0 Å². The fourth-order valence-electron chi connectivity index (χ4n) is 0.510. The Morgan fingerprint density at radius 2 is 2.11 bits per heavy atom. The zero-order chi connectivity index (χ0) is 6.53. The maximum absolute atomic E-state index is 5.09. The standard InChI is InChI=1S/C4H10NO3P/c5-4-8-9-6-2-1-3-7-9/h1-5H2. The van der Waals surface area contributed by atoms with Gasteiger partial charge in [-0.25, -0.2) is 0 Å². The summed E-state index contributed by atoms with van der Waals surface area (Å²) < 4.78 is 15.0. The molecule has 5 heteroatoms. The van der Waals surface area contributed by atoms with E-state index in [1.54, 1.807) is 0 Å². The second-order valence-corrected chi connectivity index (χ2v) is 2.76. The Hall–Kier alpha value is 0.270. The van der Waals surface area contributed by atoms with Crippen LogP contribution in [-0.2, 0) is 13.6 Å². The molecule has 0 spiro atoms. The van der Waals surface area contributed by atoms with E-state index < -0.39 is 8.60 Å². The molecule has 1 saturated heterocycles. The van der Waals surface area contributed by atoms with E-state index in [4.69, 9.17) is 19.3 Å². The monoisotopic (exact) mass is 151 g/mol. The number of rotatable bonds is 2. The molecule has 0 aromatic heterocycles. The molecule has 0 aromatic carbocycles. The van der Waals surface area contributed by atoms with Gasteiger partial charge in [0.1, 0.15) is 6.73 Å². The number of nitrogens with two attached hydrogens (primary N) is 1. The fraction of sp³-hybridized carbons (Fsp3) is 1.00. The molecule has 0 atom stereocenters. The lowest BCUT2D eigenvalue weighted by Crippen LogP contribution is -2.09. The average Bonchev–Trinajstić information content (AvgIpc) is 1.91. The normalized spacial score (nSPS) is 22.3. The molecule has 9 heavy (non-hydrogen) atoms. The van der Waals surface area contributed by atoms with Crippen LogP contribution < -0.4 is 5.73 Å². The van der Waals surface area contributed by atoms with Crippen molar-refractivity contribution in [3.05, 3.63) is 0 Å². The highest BCUT2D eigenvalue weighted by Gasteiger charge is 2.15. The van der Waals surface area contributed by atoms with E-state index in [1.165, 1.54) is 0 Å². The lowest BCUT2D eigenvalue weighted by atomic mass is 10.5. The summed E-state index contributed by atoms with van der Waals surface area (Å²) in [4.78, 5) is 0. The molecule has 54 valence electrons. The average molecular weight is 151 g/mol. The van der Waals surface area contributed by atoms with E-state index in [2.05, 4.69) is 0 Å². The predicted molar refractivity (Wildman–Crippen MR) is 33.6 cm³/mol. The van der Waals surface area contributed by atoms with Crippen molar-refractivity contribution in [1.82, 2.24) is 0 Å². The lowest BCUT2D eigenvalue weighted by molar-refractivity contribution is 0.117. The molecule has 0 saturated carbocycles. The summed E-state index contributed by atoms with van der Waals surface area (Å²) in [7, 11) is -1.10. The number of hydrogen-bond acceptors (Lipinski definition) is 4. The molecule has 0 unspecified atom stereocenters. The molecule has 4 nitrogen and oxygen atoms in total. The van der Waals surface area contributed by atoms with Crippen molar-refractivity contribution in [2.24, 2.45) is 5.73 Å². The van der Waals surface area contributed by atoms with Crippen LogP contribution in [0.3, 0.4) is 0 Å². The third-order valence-corrected chi connectivity index (χ3v) is 2.01. The Morgan fingerprint density at radius 3 is 2.67 bits per heavy atom. The molecule has 2 N–H and O–H groups in total. The fourth-order valence-corrected chi connectivity index (χ4v) is 1.41. The van der Waals surface area contributed by atoms with E-state index in [0.29, 0.717) is 0 Å². The van der Waals surface area contributed by atoms with Crippen molar-refractivity contribution in [3.63, 3.8) is 0 Å². The molecule has 1 rings (SSSR count). The van der Waals surface area contributed by atoms with Gasteiger partial charge in [0.15, 0.2) is 0 Å². The molecular formula is C4H10NO3P. The molecule has 1 fully saturated rings. The van der Waals surface area contributed by atoms with E-state index in [-0.39, 0.29) is 6.73 Å². The second kappa shape index (κ2) is 4.14. The quantitative estimate of drug-likeness (QED) is 0.463. The third-order valence-electron chi connectivity index (χ3n) is 0.862. The Balaban J connectivity index is 2.08. The van der Waals surface area contributed by atoms with Crippen LogP contribution >= 0.6 is 8.60 Å². The van der Waals surface area contributed by atoms with Crippen molar-refractivity contribution in [2.45, 2.75) is 6.42 Å². The summed E-state index contributed by atoms with van der Waals surface area (Å²) in [6, 6.07) is 0. The van der Waals surface area contributed by atoms with E-state index in [1.807, 2.05) is 0 Å². The first-order chi connectivity index (χ1) is 4.43. The van der Waals surface area contributed by atoms with Gasteiger partial charge in [0.2, 0.25) is 0 Å². The Morgan fingerprint density at radius 1 is 1.44 bits per heavy atom. The van der Waals surface area contributed by atoms with Gasteiger partial charge in [-0.2, -0.15) is 0 Å². The highest BCUT2D eigenvalue weighted by Crippen LogP contribution is 2.41. The molecule has 1 aliphatic rings. The Labute approximate surface area is 55.3 Å². The van der Waals surface area contributed by atoms with Gasteiger partial charge in [-0.1, -0.05) is 0 Å². The molecule has 0 bridgehead atoms. The van der Waals surface area contributed by atoms with Crippen LogP contribution in [0.2, 0.25) is 0 Å². The maximum atomic E-state index is 5.09. The van der Waals surface area contributed by atoms with Gasteiger partial charge in [-0.05, 0) is 6.42 Å². The van der Waals surface area contributed by atoms with E-state index in [0.717, 1.165) is 19.6 Å². The first kappa shape index (κ1) is 7.38. The van der Waals surface area contributed by atoms with Gasteiger partial charge in [-0.15, -0.1) is 0 Å². The van der Waals surface area contributed by atoms with Gasteiger partial charge in [0.25, 0.3) is 0 Å². The number of hydrogen-bond donors (Lipinski definition) is 1. The largest absolute Gasteiger partial charge is 0.333 e. The minimum atomic E-state index is -1.10. The molecule has 0 aliphatic carbocycles. The van der Waals surface area contributed by atoms with Crippen molar-refractivity contribution in [1.29, 1.82) is 0 Å². The molecule has 0 radical (unpaired) electrons. The summed E-state index contributed by atoms with van der Waals surface area (Å²) in [5.41, 5.74) is 5.09. The third kappa shape index (κ3) is 2.56. The van der Waals surface area contributed by atoms with Gasteiger partial charge in [-0.3, -0.25) is 4.52 Å². The van der Waals surface area contributed by atoms with Crippen LogP contribution in [0.4, 0.5) is 0 Å². The van der Waals surface area contributed by atoms with E-state index in [9.17, 15) is 0 Å². The van der Waals surface area contributed by atoms with Gasteiger partial charge in [0.05, 0.1) is 13.2 Å². The van der Waals surface area contributed by atoms with Crippen molar-refractivity contribution in [3.8, 4) is 0 Å². The summed E-state index contributed by atoms with van der Waals surface area (Å²) in [5, 5.41) is 0. The summed E-state index contributed by atoms with van der Waals surface area (Å²) in [5.74, 6) is 0. The van der Waals surface area contributed by atoms with Crippen molar-refractivity contribution < 1.29 is 13.6 Å². The van der Waals surface area contributed by atoms with Crippen LogP contribution in [-0.4, -0.2) is 19.9 Å².